The summed E-state index contributed by atoms with van der Waals surface area (Å²) >= 11 is 0. The minimum Gasteiger partial charge on any atom is -0.382 e. The highest BCUT2D eigenvalue weighted by Gasteiger charge is 2.35. The van der Waals surface area contributed by atoms with Gasteiger partial charge in [-0.2, -0.15) is 0 Å². The van der Waals surface area contributed by atoms with E-state index in [0.717, 1.165) is 23.7 Å². The van der Waals surface area contributed by atoms with Crippen molar-refractivity contribution in [2.24, 2.45) is 17.8 Å². The van der Waals surface area contributed by atoms with Crippen LogP contribution >= 0.6 is 0 Å². The molecule has 3 aliphatic rings. The first-order chi connectivity index (χ1) is 10.2. The first kappa shape index (κ1) is 12.9. The summed E-state index contributed by atoms with van der Waals surface area (Å²) in [6, 6.07) is 3.29. The average Bonchev–Trinajstić information content (AvgIpc) is 3.08. The van der Waals surface area contributed by atoms with Crippen LogP contribution in [0.5, 0.6) is 0 Å². The predicted molar refractivity (Wildman–Crippen MR) is 80.7 cm³/mol. The van der Waals surface area contributed by atoms with Crippen molar-refractivity contribution in [3.63, 3.8) is 0 Å². The van der Waals surface area contributed by atoms with Crippen molar-refractivity contribution >= 4 is 17.3 Å². The van der Waals surface area contributed by atoms with Crippen LogP contribution in [0.1, 0.15) is 24.8 Å². The Morgan fingerprint density at radius 1 is 1.24 bits per heavy atom. The second-order valence-electron chi connectivity index (χ2n) is 6.46. The van der Waals surface area contributed by atoms with Crippen LogP contribution in [0.2, 0.25) is 0 Å². The summed E-state index contributed by atoms with van der Waals surface area (Å²) < 4.78 is 14.1. The Hall–Kier alpha value is -1.84. The van der Waals surface area contributed by atoms with E-state index in [0.29, 0.717) is 30.4 Å². The smallest absolute Gasteiger partial charge is 0.224 e. The van der Waals surface area contributed by atoms with Crippen LogP contribution in [0, 0.1) is 23.6 Å². The number of carbonyl (C=O) groups is 1. The first-order valence-corrected chi connectivity index (χ1v) is 7.73. The van der Waals surface area contributed by atoms with Crippen LogP contribution in [0.15, 0.2) is 24.3 Å². The van der Waals surface area contributed by atoms with Crippen molar-refractivity contribution < 1.29 is 9.18 Å². The van der Waals surface area contributed by atoms with Crippen LogP contribution in [0.25, 0.3) is 0 Å². The maximum atomic E-state index is 14.1. The van der Waals surface area contributed by atoms with Crippen molar-refractivity contribution in [1.29, 1.82) is 0 Å². The lowest BCUT2D eigenvalue weighted by Crippen LogP contribution is -2.21. The van der Waals surface area contributed by atoms with E-state index >= 15 is 0 Å². The second-order valence-corrected chi connectivity index (χ2v) is 6.46. The molecule has 4 rings (SSSR count). The molecule has 1 aliphatic heterocycles. The Balaban J connectivity index is 1.49. The molecular weight excluding hydrogens is 267 g/mol. The number of rotatable bonds is 3. The van der Waals surface area contributed by atoms with Crippen molar-refractivity contribution in [3.05, 3.63) is 35.7 Å². The Morgan fingerprint density at radius 2 is 2.14 bits per heavy atom. The third-order valence-corrected chi connectivity index (χ3v) is 5.06. The normalized spacial score (nSPS) is 29.4. The molecule has 4 heteroatoms. The van der Waals surface area contributed by atoms with Gasteiger partial charge in [-0.25, -0.2) is 4.39 Å². The maximum Gasteiger partial charge on any atom is 0.224 e. The van der Waals surface area contributed by atoms with Gasteiger partial charge in [-0.15, -0.1) is 0 Å². The van der Waals surface area contributed by atoms with Crippen LogP contribution in [-0.2, 0) is 11.2 Å². The summed E-state index contributed by atoms with van der Waals surface area (Å²) in [5.74, 6) is 1.78. The number of benzene rings is 1. The quantitative estimate of drug-likeness (QED) is 0.837. The molecule has 1 amide bonds. The first-order valence-electron chi connectivity index (χ1n) is 7.73. The Labute approximate surface area is 123 Å². The fourth-order valence-electron chi connectivity index (χ4n) is 3.90. The lowest BCUT2D eigenvalue weighted by atomic mass is 9.93. The van der Waals surface area contributed by atoms with E-state index in [2.05, 4.69) is 22.8 Å². The predicted octanol–water partition coefficient (Wildman–Crippen LogP) is 3.33. The third-order valence-electron chi connectivity index (χ3n) is 5.06. The van der Waals surface area contributed by atoms with Gasteiger partial charge < -0.3 is 10.6 Å². The molecule has 1 heterocycles. The molecule has 3 atom stereocenters. The average molecular weight is 286 g/mol. The summed E-state index contributed by atoms with van der Waals surface area (Å²) in [5, 5.41) is 6.07. The number of hydrogen-bond acceptors (Lipinski definition) is 2. The third kappa shape index (κ3) is 2.33. The van der Waals surface area contributed by atoms with E-state index in [1.165, 1.54) is 12.8 Å². The van der Waals surface area contributed by atoms with Crippen molar-refractivity contribution in [3.8, 4) is 0 Å². The van der Waals surface area contributed by atoms with Gasteiger partial charge in [0.2, 0.25) is 5.91 Å². The van der Waals surface area contributed by atoms with Gasteiger partial charge >= 0.3 is 0 Å². The largest absolute Gasteiger partial charge is 0.382 e. The molecule has 110 valence electrons. The number of hydrogen-bond donors (Lipinski definition) is 2. The molecule has 0 aromatic heterocycles. The van der Waals surface area contributed by atoms with Crippen molar-refractivity contribution in [1.82, 2.24) is 0 Å². The summed E-state index contributed by atoms with van der Waals surface area (Å²) in [5.41, 5.74) is 2.14. The number of nitrogens with one attached hydrogen (secondary N) is 2. The Kier molecular flexibility index (Phi) is 2.98. The van der Waals surface area contributed by atoms with E-state index in [4.69, 9.17) is 0 Å². The molecule has 1 fully saturated rings. The van der Waals surface area contributed by atoms with Crippen LogP contribution in [-0.4, -0.2) is 12.5 Å². The monoisotopic (exact) mass is 286 g/mol. The molecule has 2 N–H and O–H groups in total. The summed E-state index contributed by atoms with van der Waals surface area (Å²) in [4.78, 5) is 11.4. The lowest BCUT2D eigenvalue weighted by molar-refractivity contribution is -0.116. The van der Waals surface area contributed by atoms with Gasteiger partial charge in [-0.05, 0) is 54.7 Å². The zero-order valence-electron chi connectivity index (χ0n) is 11.9. The standard InChI is InChI=1S/C17H19FN2O/c18-14-7-12-3-4-17(21)20-15(12)8-16(14)19-9-13-6-10-1-2-11(13)5-10/h1-2,7-8,10-11,13,19H,3-6,9H2,(H,20,21). The maximum absolute atomic E-state index is 14.1. The highest BCUT2D eigenvalue weighted by molar-refractivity contribution is 5.94. The number of halogens is 1. The molecule has 1 aromatic carbocycles. The zero-order valence-corrected chi connectivity index (χ0v) is 11.9. The van der Waals surface area contributed by atoms with E-state index in [9.17, 15) is 9.18 Å². The van der Waals surface area contributed by atoms with E-state index in [1.807, 2.05) is 0 Å². The minimum atomic E-state index is -0.219. The van der Waals surface area contributed by atoms with Crippen molar-refractivity contribution in [2.45, 2.75) is 25.7 Å². The number of allylic oxidation sites excluding steroid dienone is 2. The van der Waals surface area contributed by atoms with Crippen LogP contribution in [0.4, 0.5) is 15.8 Å². The van der Waals surface area contributed by atoms with Crippen LogP contribution < -0.4 is 10.6 Å². The molecule has 0 spiro atoms. The molecule has 0 saturated heterocycles. The summed E-state index contributed by atoms with van der Waals surface area (Å²) in [7, 11) is 0. The molecule has 1 saturated carbocycles. The van der Waals surface area contributed by atoms with E-state index in [1.54, 1.807) is 12.1 Å². The fourth-order valence-corrected chi connectivity index (χ4v) is 3.90. The number of anilines is 2. The number of fused-ring (bicyclic) bond motifs is 3. The van der Waals surface area contributed by atoms with E-state index in [-0.39, 0.29) is 11.7 Å². The van der Waals surface area contributed by atoms with Gasteiger partial charge in [0.15, 0.2) is 0 Å². The van der Waals surface area contributed by atoms with Gasteiger partial charge in [-0.3, -0.25) is 4.79 Å². The number of amides is 1. The summed E-state index contributed by atoms with van der Waals surface area (Å²) in [6.07, 6.45) is 8.15. The second kappa shape index (κ2) is 4.86. The van der Waals surface area contributed by atoms with Crippen molar-refractivity contribution in [2.75, 3.05) is 17.2 Å². The molecule has 3 nitrogen and oxygen atoms in total. The SMILES string of the molecule is O=C1CCc2cc(F)c(NCC3CC4C=CC3C4)cc2N1. The zero-order chi connectivity index (χ0) is 14.4. The van der Waals surface area contributed by atoms with Gasteiger partial charge in [0.05, 0.1) is 5.69 Å². The minimum absolute atomic E-state index is 0.0123. The van der Waals surface area contributed by atoms with Gasteiger partial charge in [0, 0.05) is 18.7 Å². The highest BCUT2D eigenvalue weighted by Crippen LogP contribution is 2.43. The Morgan fingerprint density at radius 3 is 2.90 bits per heavy atom. The van der Waals surface area contributed by atoms with Gasteiger partial charge in [0.1, 0.15) is 5.82 Å². The topological polar surface area (TPSA) is 41.1 Å². The molecule has 1 aromatic rings. The lowest BCUT2D eigenvalue weighted by Gasteiger charge is -2.22. The fraction of sp³-hybridized carbons (Fsp3) is 0.471. The molecule has 21 heavy (non-hydrogen) atoms. The number of carbonyl (C=O) groups excluding carboxylic acids is 1. The molecule has 3 unspecified atom stereocenters. The van der Waals surface area contributed by atoms with Gasteiger partial charge in [-0.1, -0.05) is 12.2 Å². The molecule has 2 aliphatic carbocycles. The summed E-state index contributed by atoms with van der Waals surface area (Å²) in [6.45, 7) is 0.801. The van der Waals surface area contributed by atoms with E-state index < -0.39 is 0 Å². The Bertz CT molecular complexity index is 625. The molecular formula is C17H19FN2O. The number of aryl methyl sites for hydroxylation is 1. The van der Waals surface area contributed by atoms with Crippen LogP contribution in [0.3, 0.4) is 0 Å². The molecule has 0 radical (unpaired) electrons. The van der Waals surface area contributed by atoms with Gasteiger partial charge in [0.25, 0.3) is 0 Å². The molecule has 2 bridgehead atoms. The highest BCUT2D eigenvalue weighted by atomic mass is 19.1.